The number of aliphatic hydroxyl groups excluding tert-OH is 1. The van der Waals surface area contributed by atoms with Crippen LogP contribution in [0.1, 0.15) is 22.2 Å². The van der Waals surface area contributed by atoms with Crippen molar-refractivity contribution in [3.8, 4) is 17.2 Å². The Labute approximate surface area is 228 Å². The Morgan fingerprint density at radius 1 is 0.900 bits per heavy atom. The summed E-state index contributed by atoms with van der Waals surface area (Å²) in [5, 5.41) is 11.7. The van der Waals surface area contributed by atoms with E-state index in [0.717, 1.165) is 0 Å². The van der Waals surface area contributed by atoms with Gasteiger partial charge in [0, 0.05) is 11.1 Å². The molecule has 7 nitrogen and oxygen atoms in total. The van der Waals surface area contributed by atoms with Crippen LogP contribution in [0.25, 0.3) is 11.0 Å². The van der Waals surface area contributed by atoms with Crippen molar-refractivity contribution in [3.05, 3.63) is 132 Å². The van der Waals surface area contributed by atoms with Crippen LogP contribution in [0.3, 0.4) is 0 Å². The number of furan rings is 1. The molecule has 198 valence electrons. The Balaban J connectivity index is 1.47. The molecule has 5 aromatic rings. The summed E-state index contributed by atoms with van der Waals surface area (Å²) in [5.74, 6) is -1.26. The van der Waals surface area contributed by atoms with Gasteiger partial charge in [-0.25, -0.2) is 4.39 Å². The first-order valence-corrected chi connectivity index (χ1v) is 12.4. The van der Waals surface area contributed by atoms with Crippen molar-refractivity contribution in [2.24, 2.45) is 0 Å². The van der Waals surface area contributed by atoms with Crippen LogP contribution in [-0.2, 0) is 4.79 Å². The Morgan fingerprint density at radius 3 is 2.38 bits per heavy atom. The maximum atomic E-state index is 13.9. The van der Waals surface area contributed by atoms with E-state index < -0.39 is 29.3 Å². The lowest BCUT2D eigenvalue weighted by atomic mass is 9.94. The van der Waals surface area contributed by atoms with E-state index >= 15 is 0 Å². The van der Waals surface area contributed by atoms with Gasteiger partial charge in [0.2, 0.25) is 5.78 Å². The molecular weight excluding hydrogens is 513 g/mol. The first kappa shape index (κ1) is 24.9. The SMILES string of the molecule is COc1cccc2cc(C(=O)C3=C(O)C(=O)N(c4ccc(F)cc4)C3c3cccc(Oc4ccccc4)c3)oc12. The minimum atomic E-state index is -1.06. The third-order valence-corrected chi connectivity index (χ3v) is 6.66. The quantitative estimate of drug-likeness (QED) is 0.223. The number of halogens is 1. The number of methoxy groups -OCH3 is 1. The molecule has 0 fully saturated rings. The number of amides is 1. The summed E-state index contributed by atoms with van der Waals surface area (Å²) in [5.41, 5.74) is 0.978. The highest BCUT2D eigenvalue weighted by atomic mass is 19.1. The van der Waals surface area contributed by atoms with Gasteiger partial charge in [-0.1, -0.05) is 42.5 Å². The minimum absolute atomic E-state index is 0.0727. The monoisotopic (exact) mass is 535 g/mol. The van der Waals surface area contributed by atoms with Crippen molar-refractivity contribution in [3.63, 3.8) is 0 Å². The van der Waals surface area contributed by atoms with E-state index in [2.05, 4.69) is 0 Å². The number of rotatable bonds is 7. The Bertz CT molecular complexity index is 1770. The van der Waals surface area contributed by atoms with Gasteiger partial charge in [0.05, 0.1) is 18.7 Å². The maximum Gasteiger partial charge on any atom is 0.294 e. The van der Waals surface area contributed by atoms with Crippen LogP contribution >= 0.6 is 0 Å². The van der Waals surface area contributed by atoms with E-state index in [1.165, 1.54) is 42.3 Å². The van der Waals surface area contributed by atoms with Crippen LogP contribution in [0.4, 0.5) is 10.1 Å². The van der Waals surface area contributed by atoms with Crippen molar-refractivity contribution in [1.29, 1.82) is 0 Å². The summed E-state index contributed by atoms with van der Waals surface area (Å²) in [6, 6.07) is 27.0. The fraction of sp³-hybridized carbons (Fsp3) is 0.0625. The number of nitrogens with zero attached hydrogens (tertiary/aromatic N) is 1. The van der Waals surface area contributed by atoms with E-state index in [1.54, 1.807) is 54.6 Å². The standard InChI is InChI=1S/C32H22FNO6/c1-38-25-12-6-8-20-18-26(40-31(20)25)29(35)27-28(34(32(37)30(27)36)22-15-13-21(33)14-16-22)19-7-5-11-24(17-19)39-23-9-3-2-4-10-23/h2-18,28,36H,1H3. The molecule has 1 aliphatic heterocycles. The summed E-state index contributed by atoms with van der Waals surface area (Å²) >= 11 is 0. The molecular formula is C32H22FNO6. The highest BCUT2D eigenvalue weighted by Crippen LogP contribution is 2.43. The van der Waals surface area contributed by atoms with Gasteiger partial charge >= 0.3 is 0 Å². The number of para-hydroxylation sites is 2. The average Bonchev–Trinajstić information content (AvgIpc) is 3.53. The minimum Gasteiger partial charge on any atom is -0.503 e. The number of Topliss-reactive ketones (excluding diaryl/α,β-unsaturated/α-hetero) is 1. The number of hydrogen-bond donors (Lipinski definition) is 1. The summed E-state index contributed by atoms with van der Waals surface area (Å²) in [6.45, 7) is 0. The zero-order chi connectivity index (χ0) is 27.8. The lowest BCUT2D eigenvalue weighted by molar-refractivity contribution is -0.117. The van der Waals surface area contributed by atoms with Crippen LogP contribution < -0.4 is 14.4 Å². The first-order valence-electron chi connectivity index (χ1n) is 12.4. The number of ether oxygens (including phenoxy) is 2. The van der Waals surface area contributed by atoms with Gasteiger partial charge in [0.25, 0.3) is 5.91 Å². The van der Waals surface area contributed by atoms with Crippen molar-refractivity contribution < 1.29 is 33.0 Å². The van der Waals surface area contributed by atoms with Crippen LogP contribution in [0.15, 0.2) is 119 Å². The fourth-order valence-electron chi connectivity index (χ4n) is 4.84. The third-order valence-electron chi connectivity index (χ3n) is 6.66. The predicted octanol–water partition coefficient (Wildman–Crippen LogP) is 7.16. The highest BCUT2D eigenvalue weighted by molar-refractivity contribution is 6.20. The number of ketones is 1. The van der Waals surface area contributed by atoms with Crippen LogP contribution in [0, 0.1) is 5.82 Å². The first-order chi connectivity index (χ1) is 19.4. The highest BCUT2D eigenvalue weighted by Gasteiger charge is 2.45. The molecule has 1 unspecified atom stereocenters. The normalized spacial score (nSPS) is 15.1. The number of aliphatic hydroxyl groups is 1. The van der Waals surface area contributed by atoms with E-state index in [1.807, 2.05) is 18.2 Å². The average molecular weight is 536 g/mol. The fourth-order valence-corrected chi connectivity index (χ4v) is 4.84. The van der Waals surface area contributed by atoms with E-state index in [0.29, 0.717) is 39.5 Å². The molecule has 1 atom stereocenters. The van der Waals surface area contributed by atoms with Gasteiger partial charge in [0.15, 0.2) is 22.9 Å². The second kappa shape index (κ2) is 10.1. The smallest absolute Gasteiger partial charge is 0.294 e. The summed E-state index contributed by atoms with van der Waals surface area (Å²) in [6.07, 6.45) is 0. The molecule has 0 saturated heterocycles. The molecule has 6 rings (SSSR count). The zero-order valence-corrected chi connectivity index (χ0v) is 21.2. The van der Waals surface area contributed by atoms with Gasteiger partial charge < -0.3 is 19.0 Å². The lowest BCUT2D eigenvalue weighted by Crippen LogP contribution is -2.31. The maximum absolute atomic E-state index is 13.9. The molecule has 0 saturated carbocycles. The van der Waals surface area contributed by atoms with Crippen molar-refractivity contribution >= 4 is 28.3 Å². The molecule has 8 heteroatoms. The van der Waals surface area contributed by atoms with Crippen LogP contribution in [0.5, 0.6) is 17.2 Å². The number of carbonyl (C=O) groups is 2. The van der Waals surface area contributed by atoms with Gasteiger partial charge in [-0.15, -0.1) is 0 Å². The number of carbonyl (C=O) groups excluding carboxylic acids is 2. The van der Waals surface area contributed by atoms with E-state index in [4.69, 9.17) is 13.9 Å². The lowest BCUT2D eigenvalue weighted by Gasteiger charge is -2.27. The molecule has 4 aromatic carbocycles. The Hall–Kier alpha value is -5.37. The molecule has 2 heterocycles. The molecule has 1 aromatic heterocycles. The molecule has 1 N–H and O–H groups in total. The predicted molar refractivity (Wildman–Crippen MR) is 146 cm³/mol. The molecule has 40 heavy (non-hydrogen) atoms. The van der Waals surface area contributed by atoms with Crippen LogP contribution in [0.2, 0.25) is 0 Å². The Kier molecular flexibility index (Phi) is 6.28. The van der Waals surface area contributed by atoms with Crippen LogP contribution in [-0.4, -0.2) is 23.9 Å². The summed E-state index contributed by atoms with van der Waals surface area (Å²) in [7, 11) is 1.49. The third kappa shape index (κ3) is 4.35. The van der Waals surface area contributed by atoms with Gasteiger partial charge in [-0.05, 0) is 66.2 Å². The molecule has 1 amide bonds. The number of fused-ring (bicyclic) bond motifs is 1. The van der Waals surface area contributed by atoms with Crippen molar-refractivity contribution in [2.45, 2.75) is 6.04 Å². The van der Waals surface area contributed by atoms with Crippen molar-refractivity contribution in [1.82, 2.24) is 0 Å². The summed E-state index contributed by atoms with van der Waals surface area (Å²) in [4.78, 5) is 28.7. The molecule has 0 spiro atoms. The Morgan fingerprint density at radius 2 is 1.62 bits per heavy atom. The zero-order valence-electron chi connectivity index (χ0n) is 21.2. The van der Waals surface area contributed by atoms with Crippen molar-refractivity contribution in [2.75, 3.05) is 12.0 Å². The number of hydrogen-bond acceptors (Lipinski definition) is 6. The number of anilines is 1. The molecule has 1 aliphatic rings. The van der Waals surface area contributed by atoms with Gasteiger partial charge in [-0.3, -0.25) is 14.5 Å². The molecule has 0 radical (unpaired) electrons. The largest absolute Gasteiger partial charge is 0.503 e. The topological polar surface area (TPSA) is 89.2 Å². The summed E-state index contributed by atoms with van der Waals surface area (Å²) < 4.78 is 31.0. The molecule has 0 bridgehead atoms. The van der Waals surface area contributed by atoms with Gasteiger partial charge in [-0.2, -0.15) is 0 Å². The second-order valence-electron chi connectivity index (χ2n) is 9.12. The number of benzene rings is 4. The van der Waals surface area contributed by atoms with Gasteiger partial charge in [0.1, 0.15) is 17.3 Å². The van der Waals surface area contributed by atoms with E-state index in [9.17, 15) is 19.1 Å². The molecule has 0 aliphatic carbocycles. The second-order valence-corrected chi connectivity index (χ2v) is 9.12. The van der Waals surface area contributed by atoms with E-state index in [-0.39, 0.29) is 11.3 Å².